The molecule has 1 amide bonds. The van der Waals surface area contributed by atoms with Gasteiger partial charge in [-0.3, -0.25) is 9.48 Å². The maximum atomic E-state index is 12.1. The zero-order valence-electron chi connectivity index (χ0n) is 12.4. The summed E-state index contributed by atoms with van der Waals surface area (Å²) in [6, 6.07) is 6.94. The molecule has 21 heavy (non-hydrogen) atoms. The molecule has 1 heterocycles. The maximum absolute atomic E-state index is 12.1. The molecule has 2 aromatic rings. The van der Waals surface area contributed by atoms with Gasteiger partial charge in [-0.15, -0.1) is 0 Å². The molecule has 0 fully saturated rings. The Morgan fingerprint density at radius 2 is 2.00 bits per heavy atom. The molecule has 112 valence electrons. The topological polar surface area (TPSA) is 65.4 Å². The fourth-order valence-electron chi connectivity index (χ4n) is 1.92. The number of aryl methyl sites for hydroxylation is 1. The van der Waals surface area contributed by atoms with Crippen LogP contribution in [0.2, 0.25) is 0 Å². The first-order valence-corrected chi connectivity index (χ1v) is 6.70. The number of carbonyl (C=O) groups is 1. The highest BCUT2D eigenvalue weighted by Crippen LogP contribution is 2.27. The molecule has 1 N–H and O–H groups in total. The zero-order chi connectivity index (χ0) is 15.2. The van der Waals surface area contributed by atoms with Gasteiger partial charge in [0.2, 0.25) is 0 Å². The monoisotopic (exact) mass is 289 g/mol. The first-order valence-electron chi connectivity index (χ1n) is 6.70. The van der Waals surface area contributed by atoms with Crippen LogP contribution in [0, 0.1) is 0 Å². The minimum Gasteiger partial charge on any atom is -0.493 e. The molecule has 0 unspecified atom stereocenters. The Kier molecular flexibility index (Phi) is 4.81. The minimum absolute atomic E-state index is 0.179. The second kappa shape index (κ2) is 6.78. The first kappa shape index (κ1) is 14.9. The third kappa shape index (κ3) is 3.53. The van der Waals surface area contributed by atoms with Crippen LogP contribution in [0.1, 0.15) is 23.0 Å². The average Bonchev–Trinajstić information content (AvgIpc) is 2.99. The standard InChI is InChI=1S/C15H19N3O3/c1-4-18-8-7-12(17-18)10-16-15(19)11-5-6-13(20-2)14(9-11)21-3/h5-9H,4,10H2,1-3H3,(H,16,19). The maximum Gasteiger partial charge on any atom is 0.251 e. The van der Waals surface area contributed by atoms with Crippen molar-refractivity contribution in [3.05, 3.63) is 41.7 Å². The van der Waals surface area contributed by atoms with E-state index in [2.05, 4.69) is 10.4 Å². The van der Waals surface area contributed by atoms with Crippen molar-refractivity contribution in [1.29, 1.82) is 0 Å². The van der Waals surface area contributed by atoms with Crippen molar-refractivity contribution < 1.29 is 14.3 Å². The Labute approximate surface area is 123 Å². The molecule has 1 aromatic carbocycles. The lowest BCUT2D eigenvalue weighted by Gasteiger charge is -2.09. The number of hydrogen-bond donors (Lipinski definition) is 1. The number of amides is 1. The number of hydrogen-bond acceptors (Lipinski definition) is 4. The molecule has 0 aliphatic rings. The van der Waals surface area contributed by atoms with Crippen molar-refractivity contribution in [3.63, 3.8) is 0 Å². The summed E-state index contributed by atoms with van der Waals surface area (Å²) in [5.41, 5.74) is 1.34. The Morgan fingerprint density at radius 3 is 2.62 bits per heavy atom. The van der Waals surface area contributed by atoms with E-state index in [4.69, 9.17) is 9.47 Å². The van der Waals surface area contributed by atoms with Gasteiger partial charge < -0.3 is 14.8 Å². The number of nitrogens with zero attached hydrogens (tertiary/aromatic N) is 2. The van der Waals surface area contributed by atoms with Crippen LogP contribution in [0.3, 0.4) is 0 Å². The van der Waals surface area contributed by atoms with Crippen molar-refractivity contribution in [2.75, 3.05) is 14.2 Å². The van der Waals surface area contributed by atoms with Crippen molar-refractivity contribution in [2.45, 2.75) is 20.0 Å². The lowest BCUT2D eigenvalue weighted by atomic mass is 10.2. The molecule has 6 heteroatoms. The molecule has 0 aliphatic carbocycles. The van der Waals surface area contributed by atoms with Crippen LogP contribution in [-0.4, -0.2) is 29.9 Å². The van der Waals surface area contributed by atoms with Crippen LogP contribution in [-0.2, 0) is 13.1 Å². The van der Waals surface area contributed by atoms with E-state index < -0.39 is 0 Å². The second-order valence-corrected chi connectivity index (χ2v) is 4.42. The van der Waals surface area contributed by atoms with Crippen LogP contribution in [0.5, 0.6) is 11.5 Å². The van der Waals surface area contributed by atoms with Gasteiger partial charge in [-0.2, -0.15) is 5.10 Å². The molecule has 0 saturated carbocycles. The summed E-state index contributed by atoms with van der Waals surface area (Å²) in [7, 11) is 3.10. The quantitative estimate of drug-likeness (QED) is 0.881. The Hall–Kier alpha value is -2.50. The summed E-state index contributed by atoms with van der Waals surface area (Å²) < 4.78 is 12.2. The predicted molar refractivity (Wildman–Crippen MR) is 78.6 cm³/mol. The van der Waals surface area contributed by atoms with Crippen LogP contribution >= 0.6 is 0 Å². The molecule has 2 rings (SSSR count). The summed E-state index contributed by atoms with van der Waals surface area (Å²) in [4.78, 5) is 12.1. The molecule has 0 saturated heterocycles. The molecule has 0 radical (unpaired) electrons. The number of methoxy groups -OCH3 is 2. The van der Waals surface area contributed by atoms with Crippen molar-refractivity contribution in [3.8, 4) is 11.5 Å². The SMILES string of the molecule is CCn1ccc(CNC(=O)c2ccc(OC)c(OC)c2)n1. The highest BCUT2D eigenvalue weighted by molar-refractivity contribution is 5.94. The molecule has 6 nitrogen and oxygen atoms in total. The van der Waals surface area contributed by atoms with Crippen molar-refractivity contribution >= 4 is 5.91 Å². The van der Waals surface area contributed by atoms with Gasteiger partial charge in [0, 0.05) is 18.3 Å². The third-order valence-electron chi connectivity index (χ3n) is 3.10. The first-order chi connectivity index (χ1) is 10.2. The van der Waals surface area contributed by atoms with Gasteiger partial charge in [-0.25, -0.2) is 0 Å². The fourth-order valence-corrected chi connectivity index (χ4v) is 1.92. The summed E-state index contributed by atoms with van der Waals surface area (Å²) in [5.74, 6) is 0.943. The number of benzene rings is 1. The zero-order valence-corrected chi connectivity index (χ0v) is 12.4. The molecule has 0 spiro atoms. The molecule has 0 bridgehead atoms. The van der Waals surface area contributed by atoms with E-state index in [0.29, 0.717) is 23.6 Å². The van der Waals surface area contributed by atoms with E-state index in [9.17, 15) is 4.79 Å². The van der Waals surface area contributed by atoms with Crippen LogP contribution < -0.4 is 14.8 Å². The molecular formula is C15H19N3O3. The second-order valence-electron chi connectivity index (χ2n) is 4.42. The summed E-state index contributed by atoms with van der Waals surface area (Å²) >= 11 is 0. The highest BCUT2D eigenvalue weighted by atomic mass is 16.5. The molecule has 0 aliphatic heterocycles. The predicted octanol–water partition coefficient (Wildman–Crippen LogP) is 1.85. The van der Waals surface area contributed by atoms with Gasteiger partial charge in [-0.1, -0.05) is 0 Å². The lowest BCUT2D eigenvalue weighted by molar-refractivity contribution is 0.0950. The van der Waals surface area contributed by atoms with Gasteiger partial charge in [0.15, 0.2) is 11.5 Å². The number of ether oxygens (including phenoxy) is 2. The van der Waals surface area contributed by atoms with Crippen LogP contribution in [0.4, 0.5) is 0 Å². The average molecular weight is 289 g/mol. The van der Waals surface area contributed by atoms with E-state index in [1.807, 2.05) is 23.9 Å². The van der Waals surface area contributed by atoms with Gasteiger partial charge in [-0.05, 0) is 31.2 Å². The van der Waals surface area contributed by atoms with Crippen LogP contribution in [0.15, 0.2) is 30.5 Å². The molecule has 0 atom stereocenters. The Balaban J connectivity index is 2.02. The molecular weight excluding hydrogens is 270 g/mol. The van der Waals surface area contributed by atoms with Gasteiger partial charge in [0.1, 0.15) is 0 Å². The van der Waals surface area contributed by atoms with Crippen molar-refractivity contribution in [2.24, 2.45) is 0 Å². The minimum atomic E-state index is -0.179. The van der Waals surface area contributed by atoms with Crippen molar-refractivity contribution in [1.82, 2.24) is 15.1 Å². The van der Waals surface area contributed by atoms with Gasteiger partial charge >= 0.3 is 0 Å². The summed E-state index contributed by atoms with van der Waals surface area (Å²) in [6.45, 7) is 3.21. The normalized spacial score (nSPS) is 10.2. The van der Waals surface area contributed by atoms with E-state index >= 15 is 0 Å². The van der Waals surface area contributed by atoms with E-state index in [1.165, 1.54) is 7.11 Å². The van der Waals surface area contributed by atoms with E-state index in [-0.39, 0.29) is 5.91 Å². The lowest BCUT2D eigenvalue weighted by Crippen LogP contribution is -2.23. The summed E-state index contributed by atoms with van der Waals surface area (Å²) in [5, 5.41) is 7.14. The number of carbonyl (C=O) groups excluding carboxylic acids is 1. The fraction of sp³-hybridized carbons (Fsp3) is 0.333. The largest absolute Gasteiger partial charge is 0.493 e. The van der Waals surface area contributed by atoms with E-state index in [0.717, 1.165) is 12.2 Å². The number of rotatable bonds is 6. The summed E-state index contributed by atoms with van der Waals surface area (Å²) in [6.07, 6.45) is 1.89. The number of aromatic nitrogens is 2. The van der Waals surface area contributed by atoms with Gasteiger partial charge in [0.05, 0.1) is 26.5 Å². The number of nitrogens with one attached hydrogen (secondary N) is 1. The van der Waals surface area contributed by atoms with E-state index in [1.54, 1.807) is 25.3 Å². The molecule has 1 aromatic heterocycles. The Morgan fingerprint density at radius 1 is 1.24 bits per heavy atom. The van der Waals surface area contributed by atoms with Crippen LogP contribution in [0.25, 0.3) is 0 Å². The van der Waals surface area contributed by atoms with Gasteiger partial charge in [0.25, 0.3) is 5.91 Å². The Bertz CT molecular complexity index is 622. The smallest absolute Gasteiger partial charge is 0.251 e. The highest BCUT2D eigenvalue weighted by Gasteiger charge is 2.11. The third-order valence-corrected chi connectivity index (χ3v) is 3.10.